The van der Waals surface area contributed by atoms with E-state index >= 15 is 0 Å². The number of hydrogen-bond donors (Lipinski definition) is 2. The maximum absolute atomic E-state index is 12.1. The molecule has 3 rings (SSSR count). The van der Waals surface area contributed by atoms with Crippen molar-refractivity contribution in [3.63, 3.8) is 0 Å². The molecule has 1 heterocycles. The molecule has 0 aliphatic heterocycles. The largest absolute Gasteiger partial charge is 0.457 e. The molecule has 0 aliphatic rings. The summed E-state index contributed by atoms with van der Waals surface area (Å²) in [6, 6.07) is 14.6. The monoisotopic (exact) mass is 369 g/mol. The number of carbonyl (C=O) groups excluding carboxylic acids is 1. The number of halogens is 1. The molecule has 26 heavy (non-hydrogen) atoms. The number of aromatic nitrogens is 1. The van der Waals surface area contributed by atoms with E-state index in [9.17, 15) is 4.79 Å². The lowest BCUT2D eigenvalue weighted by atomic mass is 10.2. The number of pyridine rings is 1. The SMILES string of the molecule is CC(C)NCNC(=O)c1ccc(Oc2ccnc3cc(Cl)ccc23)cc1. The van der Waals surface area contributed by atoms with E-state index in [-0.39, 0.29) is 5.91 Å². The maximum atomic E-state index is 12.1. The summed E-state index contributed by atoms with van der Waals surface area (Å²) < 4.78 is 5.95. The lowest BCUT2D eigenvalue weighted by Gasteiger charge is -2.11. The lowest BCUT2D eigenvalue weighted by Crippen LogP contribution is -2.37. The van der Waals surface area contributed by atoms with Crippen LogP contribution in [-0.4, -0.2) is 23.6 Å². The summed E-state index contributed by atoms with van der Waals surface area (Å²) >= 11 is 6.01. The Hall–Kier alpha value is -2.63. The molecule has 2 N–H and O–H groups in total. The van der Waals surface area contributed by atoms with Gasteiger partial charge in [-0.1, -0.05) is 11.6 Å². The van der Waals surface area contributed by atoms with Crippen LogP contribution in [0.5, 0.6) is 11.5 Å². The summed E-state index contributed by atoms with van der Waals surface area (Å²) in [7, 11) is 0. The van der Waals surface area contributed by atoms with Crippen LogP contribution >= 0.6 is 11.6 Å². The van der Waals surface area contributed by atoms with Gasteiger partial charge in [-0.05, 0) is 62.4 Å². The Morgan fingerprint density at radius 3 is 2.65 bits per heavy atom. The maximum Gasteiger partial charge on any atom is 0.252 e. The minimum atomic E-state index is -0.131. The van der Waals surface area contributed by atoms with Gasteiger partial charge in [-0.25, -0.2) is 0 Å². The van der Waals surface area contributed by atoms with Gasteiger partial charge in [0.05, 0.1) is 12.2 Å². The summed E-state index contributed by atoms with van der Waals surface area (Å²) in [5.41, 5.74) is 1.35. The van der Waals surface area contributed by atoms with Crippen LogP contribution in [0.3, 0.4) is 0 Å². The molecular weight excluding hydrogens is 350 g/mol. The Labute approximate surface area is 157 Å². The zero-order valence-electron chi connectivity index (χ0n) is 14.6. The van der Waals surface area contributed by atoms with Crippen molar-refractivity contribution in [3.8, 4) is 11.5 Å². The average molecular weight is 370 g/mol. The Kier molecular flexibility index (Phi) is 5.71. The standard InChI is InChI=1S/C20H20ClN3O2/c1-13(2)23-12-24-20(25)14-3-6-16(7-4-14)26-19-9-10-22-18-11-15(21)5-8-17(18)19/h3-11,13,23H,12H2,1-2H3,(H,24,25). The van der Waals surface area contributed by atoms with Crippen molar-refractivity contribution in [1.29, 1.82) is 0 Å². The highest BCUT2D eigenvalue weighted by Crippen LogP contribution is 2.30. The zero-order chi connectivity index (χ0) is 18.5. The number of nitrogens with one attached hydrogen (secondary N) is 2. The quantitative estimate of drug-likeness (QED) is 0.633. The van der Waals surface area contributed by atoms with Crippen LogP contribution in [0.25, 0.3) is 10.9 Å². The average Bonchev–Trinajstić information content (AvgIpc) is 2.62. The molecule has 0 bridgehead atoms. The van der Waals surface area contributed by atoms with Crippen LogP contribution in [0, 0.1) is 0 Å². The Balaban J connectivity index is 1.71. The first kappa shape index (κ1) is 18.2. The number of nitrogens with zero attached hydrogens (tertiary/aromatic N) is 1. The summed E-state index contributed by atoms with van der Waals surface area (Å²) in [5, 5.41) is 7.46. The number of benzene rings is 2. The van der Waals surface area contributed by atoms with E-state index in [1.807, 2.05) is 19.9 Å². The van der Waals surface area contributed by atoms with Crippen molar-refractivity contribution in [2.45, 2.75) is 19.9 Å². The second kappa shape index (κ2) is 8.17. The minimum absolute atomic E-state index is 0.131. The number of hydrogen-bond acceptors (Lipinski definition) is 4. The van der Waals surface area contributed by atoms with Gasteiger partial charge in [-0.3, -0.25) is 15.1 Å². The van der Waals surface area contributed by atoms with Crippen LogP contribution in [0.2, 0.25) is 5.02 Å². The summed E-state index contributed by atoms with van der Waals surface area (Å²) in [4.78, 5) is 16.4. The van der Waals surface area contributed by atoms with E-state index < -0.39 is 0 Å². The zero-order valence-corrected chi connectivity index (χ0v) is 15.4. The molecule has 2 aromatic carbocycles. The van der Waals surface area contributed by atoms with Gasteiger partial charge in [-0.15, -0.1) is 0 Å². The Morgan fingerprint density at radius 1 is 1.15 bits per heavy atom. The van der Waals surface area contributed by atoms with E-state index in [0.29, 0.717) is 34.8 Å². The molecule has 0 saturated carbocycles. The number of carbonyl (C=O) groups is 1. The van der Waals surface area contributed by atoms with Gasteiger partial charge in [0.2, 0.25) is 0 Å². The molecule has 0 spiro atoms. The normalized spacial score (nSPS) is 10.9. The van der Waals surface area contributed by atoms with Crippen molar-refractivity contribution in [3.05, 3.63) is 65.3 Å². The molecule has 0 fully saturated rings. The van der Waals surface area contributed by atoms with Gasteiger partial charge in [-0.2, -0.15) is 0 Å². The topological polar surface area (TPSA) is 63.2 Å². The predicted molar refractivity (Wildman–Crippen MR) is 104 cm³/mol. The van der Waals surface area contributed by atoms with Gasteiger partial charge in [0.25, 0.3) is 5.91 Å². The van der Waals surface area contributed by atoms with Crippen molar-refractivity contribution in [2.75, 3.05) is 6.67 Å². The number of amides is 1. The van der Waals surface area contributed by atoms with Crippen LogP contribution in [0.1, 0.15) is 24.2 Å². The van der Waals surface area contributed by atoms with Crippen molar-refractivity contribution in [1.82, 2.24) is 15.6 Å². The predicted octanol–water partition coefficient (Wildman–Crippen LogP) is 4.37. The third kappa shape index (κ3) is 4.50. The first-order chi connectivity index (χ1) is 12.5. The molecule has 1 amide bonds. The highest BCUT2D eigenvalue weighted by atomic mass is 35.5. The third-order valence-corrected chi connectivity index (χ3v) is 4.00. The highest BCUT2D eigenvalue weighted by Gasteiger charge is 2.08. The molecule has 0 atom stereocenters. The fourth-order valence-electron chi connectivity index (χ4n) is 2.42. The number of fused-ring (bicyclic) bond motifs is 1. The van der Waals surface area contributed by atoms with Crippen LogP contribution in [0.15, 0.2) is 54.7 Å². The van der Waals surface area contributed by atoms with Gasteiger partial charge in [0.15, 0.2) is 0 Å². The lowest BCUT2D eigenvalue weighted by molar-refractivity contribution is 0.0949. The van der Waals surface area contributed by atoms with Gasteiger partial charge in [0, 0.05) is 28.2 Å². The Morgan fingerprint density at radius 2 is 1.92 bits per heavy atom. The molecule has 0 radical (unpaired) electrons. The molecule has 3 aromatic rings. The smallest absolute Gasteiger partial charge is 0.252 e. The summed E-state index contributed by atoms with van der Waals surface area (Å²) in [6.45, 7) is 4.48. The summed E-state index contributed by atoms with van der Waals surface area (Å²) in [5.74, 6) is 1.20. The molecule has 5 nitrogen and oxygen atoms in total. The van der Waals surface area contributed by atoms with E-state index in [1.165, 1.54) is 0 Å². The molecular formula is C20H20ClN3O2. The first-order valence-corrected chi connectivity index (χ1v) is 8.74. The van der Waals surface area contributed by atoms with Gasteiger partial charge >= 0.3 is 0 Å². The third-order valence-electron chi connectivity index (χ3n) is 3.77. The molecule has 0 unspecified atom stereocenters. The second-order valence-electron chi connectivity index (χ2n) is 6.14. The van der Waals surface area contributed by atoms with Gasteiger partial charge in [0.1, 0.15) is 11.5 Å². The number of ether oxygens (including phenoxy) is 1. The van der Waals surface area contributed by atoms with Crippen LogP contribution in [0.4, 0.5) is 0 Å². The molecule has 0 aliphatic carbocycles. The fourth-order valence-corrected chi connectivity index (χ4v) is 2.59. The molecule has 134 valence electrons. The molecule has 0 saturated heterocycles. The van der Waals surface area contributed by atoms with Crippen molar-refractivity contribution < 1.29 is 9.53 Å². The van der Waals surface area contributed by atoms with Crippen molar-refractivity contribution in [2.24, 2.45) is 0 Å². The van der Waals surface area contributed by atoms with Gasteiger partial charge < -0.3 is 10.1 Å². The van der Waals surface area contributed by atoms with Crippen molar-refractivity contribution >= 4 is 28.4 Å². The fraction of sp³-hybridized carbons (Fsp3) is 0.200. The summed E-state index contributed by atoms with van der Waals surface area (Å²) in [6.07, 6.45) is 1.68. The molecule has 6 heteroatoms. The second-order valence-corrected chi connectivity index (χ2v) is 6.57. The van der Waals surface area contributed by atoms with E-state index in [2.05, 4.69) is 15.6 Å². The van der Waals surface area contributed by atoms with E-state index in [1.54, 1.807) is 48.7 Å². The minimum Gasteiger partial charge on any atom is -0.457 e. The van der Waals surface area contributed by atoms with E-state index in [0.717, 1.165) is 10.9 Å². The number of rotatable bonds is 6. The van der Waals surface area contributed by atoms with Crippen LogP contribution in [-0.2, 0) is 0 Å². The van der Waals surface area contributed by atoms with E-state index in [4.69, 9.17) is 16.3 Å². The van der Waals surface area contributed by atoms with Crippen LogP contribution < -0.4 is 15.4 Å². The Bertz CT molecular complexity index is 911. The molecule has 1 aromatic heterocycles. The highest BCUT2D eigenvalue weighted by molar-refractivity contribution is 6.31. The first-order valence-electron chi connectivity index (χ1n) is 8.37.